The Morgan fingerprint density at radius 1 is 0.894 bits per heavy atom. The third-order valence-electron chi connectivity index (χ3n) is 15.4. The smallest absolute Gasteiger partial charge is 0.338 e. The summed E-state index contributed by atoms with van der Waals surface area (Å²) < 4.78 is 45.5. The highest BCUT2D eigenvalue weighted by Gasteiger charge is 2.61. The Morgan fingerprint density at radius 2 is 1.64 bits per heavy atom. The number of rotatable bonds is 8. The molecule has 3 aromatic carbocycles. The van der Waals surface area contributed by atoms with Gasteiger partial charge in [-0.05, 0) is 144 Å². The maximum absolute atomic E-state index is 16.2. The fraction of sp³-hybridized carbons (Fsp3) is 0.431. The molecule has 2 bridgehead atoms. The number of amides is 2. The van der Waals surface area contributed by atoms with Crippen LogP contribution in [0.5, 0.6) is 0 Å². The molecule has 5 aliphatic rings. The Balaban J connectivity index is 1.01. The Bertz CT molecular complexity index is 3250. The van der Waals surface area contributed by atoms with Gasteiger partial charge < -0.3 is 19.5 Å². The molecule has 2 amide bonds. The Hall–Kier alpha value is -6.35. The summed E-state index contributed by atoms with van der Waals surface area (Å²) in [4.78, 5) is 47.0. The van der Waals surface area contributed by atoms with E-state index in [4.69, 9.17) is 9.84 Å². The monoisotopic (exact) mass is 893 g/mol. The van der Waals surface area contributed by atoms with Gasteiger partial charge in [0.25, 0.3) is 5.91 Å². The van der Waals surface area contributed by atoms with Crippen molar-refractivity contribution in [1.82, 2.24) is 43.5 Å². The lowest BCUT2D eigenvalue weighted by molar-refractivity contribution is -0.126. The van der Waals surface area contributed by atoms with Crippen molar-refractivity contribution in [3.05, 3.63) is 123 Å². The molecule has 12 rings (SSSR count). The number of nitrogens with zero attached hydrogens (tertiary/aromatic N) is 8. The molecule has 4 aromatic heterocycles. The van der Waals surface area contributed by atoms with Crippen molar-refractivity contribution in [2.24, 2.45) is 13.0 Å². The van der Waals surface area contributed by atoms with E-state index in [1.54, 1.807) is 60.7 Å². The van der Waals surface area contributed by atoms with Gasteiger partial charge in [0, 0.05) is 61.0 Å². The van der Waals surface area contributed by atoms with Crippen LogP contribution in [0.2, 0.25) is 0 Å². The van der Waals surface area contributed by atoms with Crippen LogP contribution >= 0.6 is 0 Å². The number of hydrogen-bond donors (Lipinski definition) is 1. The average molecular weight is 894 g/mol. The summed E-state index contributed by atoms with van der Waals surface area (Å²) in [6.45, 7) is 10.4. The molecular formula is C51H53F2N9O4. The molecule has 4 fully saturated rings. The van der Waals surface area contributed by atoms with Crippen LogP contribution in [0.4, 0.5) is 8.78 Å². The van der Waals surface area contributed by atoms with Gasteiger partial charge in [0.2, 0.25) is 5.91 Å². The first-order valence-corrected chi connectivity index (χ1v) is 23.4. The number of fused-ring (bicyclic) bond motifs is 6. The molecule has 7 heterocycles. The van der Waals surface area contributed by atoms with E-state index in [0.717, 1.165) is 42.3 Å². The van der Waals surface area contributed by atoms with Crippen molar-refractivity contribution in [3.8, 4) is 17.2 Å². The van der Waals surface area contributed by atoms with Crippen LogP contribution in [0.25, 0.3) is 39.0 Å². The van der Waals surface area contributed by atoms with Crippen molar-refractivity contribution in [3.63, 3.8) is 0 Å². The van der Waals surface area contributed by atoms with Crippen molar-refractivity contribution >= 4 is 33.6 Å². The van der Waals surface area contributed by atoms with Crippen LogP contribution in [0.15, 0.2) is 71.9 Å². The molecule has 2 saturated carbocycles. The second kappa shape index (κ2) is 14.3. The van der Waals surface area contributed by atoms with E-state index in [9.17, 15) is 9.59 Å². The maximum Gasteiger partial charge on any atom is 0.338 e. The summed E-state index contributed by atoms with van der Waals surface area (Å²) >= 11 is 0. The van der Waals surface area contributed by atoms with E-state index in [1.807, 2.05) is 15.5 Å². The normalized spacial score (nSPS) is 24.3. The van der Waals surface area contributed by atoms with E-state index >= 15 is 13.6 Å². The van der Waals surface area contributed by atoms with E-state index in [1.165, 1.54) is 27.1 Å². The van der Waals surface area contributed by atoms with Crippen LogP contribution in [0.3, 0.4) is 0 Å². The van der Waals surface area contributed by atoms with Crippen LogP contribution in [0.1, 0.15) is 116 Å². The second-order valence-electron chi connectivity index (χ2n) is 20.3. The number of carbonyl (C=O) groups is 2. The first-order chi connectivity index (χ1) is 31.6. The van der Waals surface area contributed by atoms with Gasteiger partial charge in [-0.1, -0.05) is 13.0 Å². The molecule has 0 spiro atoms. The highest BCUT2D eigenvalue weighted by atomic mass is 19.1. The highest BCUT2D eigenvalue weighted by molar-refractivity contribution is 6.02. The SMILES string of the molecule is Cc1cc(-n2nc3c(c2-n2ccn(-c4ccc5c(cnn5C)c4F)c2=O)[C@@H]2CC[C@H](C3)N2C(=O)c2cc3cc([C@H]4CCOC(C)(C)C4)ccc3n2[C@@]2(C(=O)NC3CC3)C[C@@H]2C)cc(C)c1F. The predicted molar refractivity (Wildman–Crippen MR) is 245 cm³/mol. The number of ether oxygens (including phenoxy) is 1. The molecule has 2 saturated heterocycles. The predicted octanol–water partition coefficient (Wildman–Crippen LogP) is 8.14. The number of aryl methyl sites for hydroxylation is 3. The molecule has 66 heavy (non-hydrogen) atoms. The van der Waals surface area contributed by atoms with Crippen molar-refractivity contribution < 1.29 is 23.1 Å². The molecule has 7 aromatic rings. The number of benzene rings is 3. The van der Waals surface area contributed by atoms with Crippen LogP contribution in [0, 0.1) is 31.4 Å². The van der Waals surface area contributed by atoms with E-state index in [-0.39, 0.29) is 52.3 Å². The molecule has 0 unspecified atom stereocenters. The minimum absolute atomic E-state index is 0.00567. The minimum atomic E-state index is -0.920. The van der Waals surface area contributed by atoms with Gasteiger partial charge >= 0.3 is 5.69 Å². The van der Waals surface area contributed by atoms with Gasteiger partial charge in [-0.25, -0.2) is 18.3 Å². The fourth-order valence-corrected chi connectivity index (χ4v) is 11.8. The standard InChI is InChI=1S/C51H53F2N9O4/c1-27-19-35(20-28(2)44(27)52)62-46(59-17-16-58(49(59)65)41-14-13-39-36(45(41)53)26-54-57(39)6)43-37(56-62)23-34-10-12-40(43)60(34)47(63)42-22-32-21-30(31-15-18-66-50(4,5)25-31)7-11-38(32)61(42)51(24-29(51)3)48(64)55-33-8-9-33/h7,11,13-14,16-17,19-22,26,29,31,33-34,40H,8-10,12,15,18,23-25H2,1-6H3,(H,55,64)/t29-,31-,34+,40-,51-/m0/s1. The summed E-state index contributed by atoms with van der Waals surface area (Å²) in [6.07, 6.45) is 10.6. The lowest BCUT2D eigenvalue weighted by Gasteiger charge is -2.36. The molecule has 3 aliphatic heterocycles. The van der Waals surface area contributed by atoms with Gasteiger partial charge in [-0.3, -0.25) is 23.4 Å². The number of halogens is 2. The minimum Gasteiger partial charge on any atom is -0.376 e. The van der Waals surface area contributed by atoms with E-state index in [2.05, 4.69) is 49.4 Å². The van der Waals surface area contributed by atoms with Gasteiger partial charge in [-0.15, -0.1) is 0 Å². The first-order valence-electron chi connectivity index (χ1n) is 23.4. The number of aromatic nitrogens is 7. The summed E-state index contributed by atoms with van der Waals surface area (Å²) in [7, 11) is 1.73. The number of hydrogen-bond acceptors (Lipinski definition) is 6. The molecule has 2 aliphatic carbocycles. The van der Waals surface area contributed by atoms with Crippen molar-refractivity contribution in [1.29, 1.82) is 0 Å². The second-order valence-corrected chi connectivity index (χ2v) is 20.3. The molecule has 1 N–H and O–H groups in total. The molecule has 5 atom stereocenters. The van der Waals surface area contributed by atoms with Crippen molar-refractivity contribution in [2.75, 3.05) is 6.61 Å². The third-order valence-corrected chi connectivity index (χ3v) is 15.4. The topological polar surface area (TPSA) is 126 Å². The lowest BCUT2D eigenvalue weighted by Crippen LogP contribution is -2.46. The van der Waals surface area contributed by atoms with Gasteiger partial charge in [0.15, 0.2) is 5.82 Å². The number of nitrogens with one attached hydrogen (secondary N) is 1. The highest BCUT2D eigenvalue weighted by Crippen LogP contribution is 2.55. The molecule has 15 heteroatoms. The summed E-state index contributed by atoms with van der Waals surface area (Å²) in [5, 5.41) is 13.9. The van der Waals surface area contributed by atoms with E-state index < -0.39 is 23.1 Å². The Morgan fingerprint density at radius 3 is 2.36 bits per heavy atom. The van der Waals surface area contributed by atoms with Gasteiger partial charge in [-0.2, -0.15) is 10.2 Å². The zero-order valence-electron chi connectivity index (χ0n) is 38.1. The molecule has 0 radical (unpaired) electrons. The Labute approximate surface area is 379 Å². The summed E-state index contributed by atoms with van der Waals surface area (Å²) in [6, 6.07) is 14.6. The summed E-state index contributed by atoms with van der Waals surface area (Å²) in [5.41, 5.74) is 4.32. The summed E-state index contributed by atoms with van der Waals surface area (Å²) in [5.74, 6) is -0.425. The Kier molecular flexibility index (Phi) is 8.92. The number of carbonyl (C=O) groups excluding carboxylic acids is 2. The van der Waals surface area contributed by atoms with Gasteiger partial charge in [0.1, 0.15) is 22.9 Å². The molecular weight excluding hydrogens is 841 g/mol. The zero-order valence-corrected chi connectivity index (χ0v) is 38.1. The van der Waals surface area contributed by atoms with Crippen molar-refractivity contribution in [2.45, 2.75) is 121 Å². The maximum atomic E-state index is 16.2. The largest absolute Gasteiger partial charge is 0.376 e. The molecule has 13 nitrogen and oxygen atoms in total. The van der Waals surface area contributed by atoms with Gasteiger partial charge in [0.05, 0.1) is 45.8 Å². The van der Waals surface area contributed by atoms with E-state index in [0.29, 0.717) is 77.6 Å². The first kappa shape index (κ1) is 41.1. The third kappa shape index (κ3) is 6.07. The van der Waals surface area contributed by atoms with Crippen LogP contribution in [-0.4, -0.2) is 74.3 Å². The average Bonchev–Trinajstić information content (AvgIpc) is 3.89. The number of imidazole rings is 1. The quantitative estimate of drug-likeness (QED) is 0.164. The lowest BCUT2D eigenvalue weighted by atomic mass is 9.83. The fourth-order valence-electron chi connectivity index (χ4n) is 11.8. The zero-order chi connectivity index (χ0) is 45.7. The van der Waals surface area contributed by atoms with Crippen LogP contribution < -0.4 is 11.0 Å². The molecule has 340 valence electrons. The van der Waals surface area contributed by atoms with Crippen LogP contribution in [-0.2, 0) is 28.5 Å².